The van der Waals surface area contributed by atoms with Crippen molar-refractivity contribution in [2.75, 3.05) is 31.1 Å². The minimum Gasteiger partial charge on any atom is -0.455 e. The molecule has 2 heterocycles. The van der Waals surface area contributed by atoms with Crippen molar-refractivity contribution >= 4 is 29.2 Å². The second kappa shape index (κ2) is 8.41. The molecule has 0 spiro atoms. The topological polar surface area (TPSA) is 110 Å². The van der Waals surface area contributed by atoms with E-state index in [-0.39, 0.29) is 35.9 Å². The molecule has 0 unspecified atom stereocenters. The minimum atomic E-state index is -0.452. The first kappa shape index (κ1) is 20.3. The average molecular weight is 415 g/mol. The van der Waals surface area contributed by atoms with Gasteiger partial charge in [-0.1, -0.05) is 0 Å². The van der Waals surface area contributed by atoms with Gasteiger partial charge in [0.05, 0.1) is 10.8 Å². The van der Waals surface area contributed by atoms with Crippen LogP contribution in [0.25, 0.3) is 0 Å². The summed E-state index contributed by atoms with van der Waals surface area (Å²) < 4.78 is 5.29. The van der Waals surface area contributed by atoms with E-state index in [0.29, 0.717) is 51.0 Å². The summed E-state index contributed by atoms with van der Waals surface area (Å²) in [6, 6.07) is 4.46. The molecule has 160 valence electrons. The van der Waals surface area contributed by atoms with Gasteiger partial charge in [0.1, 0.15) is 0 Å². The maximum Gasteiger partial charge on any atom is 0.309 e. The summed E-state index contributed by atoms with van der Waals surface area (Å²) in [6.45, 7) is 1.25. The van der Waals surface area contributed by atoms with E-state index >= 15 is 0 Å². The predicted octanol–water partition coefficient (Wildman–Crippen LogP) is 2.07. The Hall–Kier alpha value is -2.97. The van der Waals surface area contributed by atoms with Gasteiger partial charge in [-0.05, 0) is 50.2 Å². The zero-order valence-corrected chi connectivity index (χ0v) is 16.7. The highest BCUT2D eigenvalue weighted by molar-refractivity contribution is 5.96. The molecule has 1 aromatic carbocycles. The number of piperidine rings is 1. The lowest BCUT2D eigenvalue weighted by Gasteiger charge is -2.31. The molecule has 30 heavy (non-hydrogen) atoms. The van der Waals surface area contributed by atoms with E-state index < -0.39 is 10.9 Å². The second-order valence-electron chi connectivity index (χ2n) is 8.20. The van der Waals surface area contributed by atoms with Crippen LogP contribution in [0, 0.1) is 22.0 Å². The summed E-state index contributed by atoms with van der Waals surface area (Å²) in [5.74, 6) is -0.652. The molecule has 0 N–H and O–H groups in total. The van der Waals surface area contributed by atoms with Crippen molar-refractivity contribution in [2.45, 2.75) is 38.5 Å². The van der Waals surface area contributed by atoms with Gasteiger partial charge in [-0.2, -0.15) is 0 Å². The predicted molar refractivity (Wildman–Crippen MR) is 107 cm³/mol. The quantitative estimate of drug-likeness (QED) is 0.414. The number of benzene rings is 1. The summed E-state index contributed by atoms with van der Waals surface area (Å²) >= 11 is 0. The fraction of sp³-hybridized carbons (Fsp3) is 0.571. The molecule has 0 aromatic heterocycles. The van der Waals surface area contributed by atoms with Crippen LogP contribution in [0.1, 0.15) is 37.7 Å². The molecule has 9 heteroatoms. The van der Waals surface area contributed by atoms with Crippen LogP contribution in [0.15, 0.2) is 18.2 Å². The van der Waals surface area contributed by atoms with Gasteiger partial charge in [0, 0.05) is 43.4 Å². The summed E-state index contributed by atoms with van der Waals surface area (Å²) in [5, 5.41) is 11.0. The minimum absolute atomic E-state index is 0.000913. The molecule has 0 radical (unpaired) electrons. The molecule has 4 rings (SSSR count). The lowest BCUT2D eigenvalue weighted by molar-refractivity contribution is -0.384. The zero-order chi connectivity index (χ0) is 21.3. The smallest absolute Gasteiger partial charge is 0.309 e. The largest absolute Gasteiger partial charge is 0.455 e. The number of carbonyl (C=O) groups excluding carboxylic acids is 3. The Morgan fingerprint density at radius 2 is 1.80 bits per heavy atom. The van der Waals surface area contributed by atoms with E-state index in [2.05, 4.69) is 0 Å². The molecule has 1 saturated carbocycles. The third-order valence-corrected chi connectivity index (χ3v) is 6.10. The van der Waals surface area contributed by atoms with E-state index in [9.17, 15) is 24.5 Å². The third kappa shape index (κ3) is 4.29. The van der Waals surface area contributed by atoms with Crippen LogP contribution in [0.2, 0.25) is 0 Å². The van der Waals surface area contributed by atoms with Gasteiger partial charge in [-0.25, -0.2) is 0 Å². The van der Waals surface area contributed by atoms with E-state index in [0.717, 1.165) is 18.4 Å². The number of carbonyl (C=O) groups is 3. The SMILES string of the molecule is O=C(OCC(=O)N1CCCc2cc([N+](=O)[O-])ccc21)C1CCN(C(=O)C2CC2)CC1. The van der Waals surface area contributed by atoms with Crippen LogP contribution in [0.3, 0.4) is 0 Å². The van der Waals surface area contributed by atoms with Crippen molar-refractivity contribution in [1.82, 2.24) is 4.90 Å². The maximum atomic E-state index is 12.7. The van der Waals surface area contributed by atoms with Crippen molar-refractivity contribution < 1.29 is 24.0 Å². The highest BCUT2D eigenvalue weighted by Gasteiger charge is 2.36. The fourth-order valence-electron chi connectivity index (χ4n) is 4.21. The van der Waals surface area contributed by atoms with Crippen molar-refractivity contribution in [2.24, 2.45) is 11.8 Å². The molecule has 9 nitrogen and oxygen atoms in total. The summed E-state index contributed by atoms with van der Waals surface area (Å²) in [4.78, 5) is 51.0. The van der Waals surface area contributed by atoms with Crippen LogP contribution >= 0.6 is 0 Å². The van der Waals surface area contributed by atoms with Crippen molar-refractivity contribution in [3.63, 3.8) is 0 Å². The molecule has 0 atom stereocenters. The number of likely N-dealkylation sites (tertiary alicyclic amines) is 1. The molecule has 3 aliphatic rings. The van der Waals surface area contributed by atoms with Crippen LogP contribution in [0.4, 0.5) is 11.4 Å². The Kier molecular flexibility index (Phi) is 5.69. The number of nitrogens with zero attached hydrogens (tertiary/aromatic N) is 3. The van der Waals surface area contributed by atoms with Gasteiger partial charge in [0.25, 0.3) is 11.6 Å². The molecular formula is C21H25N3O6. The Morgan fingerprint density at radius 3 is 2.47 bits per heavy atom. The standard InChI is InChI=1S/C21H25N3O6/c25-19(23-9-1-2-16-12-17(24(28)29)5-6-18(16)23)13-30-21(27)15-7-10-22(11-8-15)20(26)14-3-4-14/h5-6,12,14-15H,1-4,7-11,13H2. The van der Waals surface area contributed by atoms with Crippen LogP contribution in [-0.2, 0) is 25.5 Å². The van der Waals surface area contributed by atoms with Crippen LogP contribution in [0.5, 0.6) is 0 Å². The van der Waals surface area contributed by atoms with E-state index in [1.807, 2.05) is 4.90 Å². The molecule has 1 aromatic rings. The first-order valence-electron chi connectivity index (χ1n) is 10.5. The average Bonchev–Trinajstić information content (AvgIpc) is 3.61. The number of amides is 2. The van der Waals surface area contributed by atoms with Crippen LogP contribution < -0.4 is 4.90 Å². The highest BCUT2D eigenvalue weighted by atomic mass is 16.6. The van der Waals surface area contributed by atoms with Crippen molar-refractivity contribution in [3.05, 3.63) is 33.9 Å². The molecule has 2 amide bonds. The Balaban J connectivity index is 1.29. The van der Waals surface area contributed by atoms with Crippen molar-refractivity contribution in [3.8, 4) is 0 Å². The number of aryl methyl sites for hydroxylation is 1. The number of hydrogen-bond acceptors (Lipinski definition) is 6. The van der Waals surface area contributed by atoms with Gasteiger partial charge in [0.2, 0.25) is 5.91 Å². The molecular weight excluding hydrogens is 390 g/mol. The number of hydrogen-bond donors (Lipinski definition) is 0. The van der Waals surface area contributed by atoms with Crippen LogP contribution in [-0.4, -0.2) is 53.8 Å². The second-order valence-corrected chi connectivity index (χ2v) is 8.20. The Morgan fingerprint density at radius 1 is 1.07 bits per heavy atom. The zero-order valence-electron chi connectivity index (χ0n) is 16.7. The maximum absolute atomic E-state index is 12.7. The summed E-state index contributed by atoms with van der Waals surface area (Å²) in [5.41, 5.74) is 1.39. The van der Waals surface area contributed by atoms with Gasteiger partial charge in [0.15, 0.2) is 6.61 Å². The van der Waals surface area contributed by atoms with Gasteiger partial charge in [-0.15, -0.1) is 0 Å². The number of non-ortho nitro benzene ring substituents is 1. The number of nitro groups is 1. The summed E-state index contributed by atoms with van der Waals surface area (Å²) in [6.07, 6.45) is 4.41. The Labute approximate surface area is 174 Å². The third-order valence-electron chi connectivity index (χ3n) is 6.10. The number of fused-ring (bicyclic) bond motifs is 1. The Bertz CT molecular complexity index is 873. The van der Waals surface area contributed by atoms with Gasteiger partial charge in [-0.3, -0.25) is 24.5 Å². The molecule has 2 fully saturated rings. The molecule has 0 bridgehead atoms. The molecule has 2 aliphatic heterocycles. The molecule has 1 aliphatic carbocycles. The van der Waals surface area contributed by atoms with Gasteiger partial charge < -0.3 is 14.5 Å². The highest BCUT2D eigenvalue weighted by Crippen LogP contribution is 2.33. The molecule has 1 saturated heterocycles. The first-order valence-corrected chi connectivity index (χ1v) is 10.5. The number of anilines is 1. The monoisotopic (exact) mass is 415 g/mol. The van der Waals surface area contributed by atoms with Gasteiger partial charge >= 0.3 is 5.97 Å². The van der Waals surface area contributed by atoms with E-state index in [1.165, 1.54) is 17.0 Å². The lowest BCUT2D eigenvalue weighted by Crippen LogP contribution is -2.42. The number of nitro benzene ring substituents is 1. The van der Waals surface area contributed by atoms with Crippen molar-refractivity contribution in [1.29, 1.82) is 0 Å². The van der Waals surface area contributed by atoms with E-state index in [4.69, 9.17) is 4.74 Å². The number of esters is 1. The lowest BCUT2D eigenvalue weighted by atomic mass is 9.96. The first-order chi connectivity index (χ1) is 14.4. The fourth-order valence-corrected chi connectivity index (χ4v) is 4.21. The number of rotatable bonds is 5. The normalized spacial score (nSPS) is 19.2. The number of ether oxygens (including phenoxy) is 1. The summed E-state index contributed by atoms with van der Waals surface area (Å²) in [7, 11) is 0. The van der Waals surface area contributed by atoms with E-state index in [1.54, 1.807) is 6.07 Å².